The molecule has 0 N–H and O–H groups in total. The van der Waals surface area contributed by atoms with Crippen LogP contribution in [0, 0.1) is 6.92 Å². The van der Waals surface area contributed by atoms with Gasteiger partial charge in [-0.2, -0.15) is 4.48 Å². The van der Waals surface area contributed by atoms with Gasteiger partial charge in [-0.25, -0.2) is 13.0 Å². The summed E-state index contributed by atoms with van der Waals surface area (Å²) in [6.45, 7) is 5.46. The third-order valence-corrected chi connectivity index (χ3v) is 0.771. The van der Waals surface area contributed by atoms with Gasteiger partial charge >= 0.3 is 23.1 Å². The minimum atomic E-state index is 0. The third kappa shape index (κ3) is 18.8. The molecule has 0 heterocycles. The molecule has 38 valence electrons. The summed E-state index contributed by atoms with van der Waals surface area (Å²) in [6, 6.07) is 0. The Kier molecular flexibility index (Phi) is 23.3. The van der Waals surface area contributed by atoms with E-state index in [0.717, 1.165) is 4.48 Å². The van der Waals surface area contributed by atoms with Crippen LogP contribution in [-0.2, 0) is 0 Å². The van der Waals surface area contributed by atoms with Crippen LogP contribution in [0.15, 0.2) is 10.6 Å². The van der Waals surface area contributed by atoms with Gasteiger partial charge in [-0.05, 0) is 0 Å². The molecule has 0 rings (SSSR count). The second kappa shape index (κ2) is 10.3. The first kappa shape index (κ1) is 15.8. The van der Waals surface area contributed by atoms with Crippen molar-refractivity contribution >= 4 is 39.0 Å². The average molecular weight is 238 g/mol. The Labute approximate surface area is 79.8 Å². The van der Waals surface area contributed by atoms with Crippen LogP contribution in [0.4, 0.5) is 0 Å². The molecule has 0 aromatic carbocycles. The van der Waals surface area contributed by atoms with Crippen LogP contribution in [0.5, 0.6) is 0 Å². The molecule has 0 aliphatic heterocycles. The first-order chi connectivity index (χ1) is 2.27. The summed E-state index contributed by atoms with van der Waals surface area (Å²) >= 11 is 3.12. The van der Waals surface area contributed by atoms with E-state index in [-0.39, 0.29) is 40.0 Å². The molecule has 0 amide bonds. The van der Waals surface area contributed by atoms with Gasteiger partial charge in [-0.3, -0.25) is 0 Å². The maximum absolute atomic E-state index is 3.53. The molecule has 0 atom stereocenters. The molecule has 0 bridgehead atoms. The maximum atomic E-state index is 3.53. The van der Waals surface area contributed by atoms with Gasteiger partial charge in [0.1, 0.15) is 0 Å². The van der Waals surface area contributed by atoms with E-state index >= 15 is 0 Å². The monoisotopic (exact) mass is 236 g/mol. The molecule has 0 unspecified atom stereocenters. The molecule has 0 aromatic heterocycles. The summed E-state index contributed by atoms with van der Waals surface area (Å²) in [6.07, 6.45) is 1.89. The van der Waals surface area contributed by atoms with Gasteiger partial charge in [0.25, 0.3) is 0 Å². The average Bonchev–Trinajstić information content (AvgIpc) is 1.38. The SMILES string of the molecule is [Br-].[CH2-]C(Br)=CC.[Mg+2]. The smallest absolute Gasteiger partial charge is 1.00 e. The van der Waals surface area contributed by atoms with Gasteiger partial charge < -0.3 is 17.0 Å². The fraction of sp³-hybridized carbons (Fsp3) is 0.250. The van der Waals surface area contributed by atoms with Crippen molar-refractivity contribution in [2.24, 2.45) is 0 Å². The van der Waals surface area contributed by atoms with Crippen molar-refractivity contribution in [2.75, 3.05) is 0 Å². The molecule has 0 fully saturated rings. The van der Waals surface area contributed by atoms with E-state index in [1.165, 1.54) is 0 Å². The zero-order chi connectivity index (χ0) is 4.28. The molecule has 0 aliphatic rings. The van der Waals surface area contributed by atoms with Crippen LogP contribution >= 0.6 is 15.9 Å². The first-order valence-electron chi connectivity index (χ1n) is 1.41. The Morgan fingerprint density at radius 3 is 1.86 bits per heavy atom. The van der Waals surface area contributed by atoms with Crippen molar-refractivity contribution in [2.45, 2.75) is 6.92 Å². The predicted octanol–water partition coefficient (Wildman–Crippen LogP) is -1.26. The Morgan fingerprint density at radius 1 is 1.71 bits per heavy atom. The van der Waals surface area contributed by atoms with Crippen molar-refractivity contribution in [3.63, 3.8) is 0 Å². The summed E-state index contributed by atoms with van der Waals surface area (Å²) in [4.78, 5) is 0. The Hall–Kier alpha value is 1.34. The van der Waals surface area contributed by atoms with E-state index in [1.54, 1.807) is 0 Å². The van der Waals surface area contributed by atoms with Crippen molar-refractivity contribution in [1.29, 1.82) is 0 Å². The molecule has 0 aromatic rings. The normalized spacial score (nSPS) is 8.57. The standard InChI is InChI=1S/C4H6Br.BrH.Mg/c1-3-4(2)5;;/h3H,2H2,1H3;1H;/q-1;;+2/p-1. The minimum absolute atomic E-state index is 0. The number of allylic oxidation sites excluding steroid dienone is 2. The minimum Gasteiger partial charge on any atom is -1.00 e. The zero-order valence-electron chi connectivity index (χ0n) is 4.25. The van der Waals surface area contributed by atoms with E-state index in [4.69, 9.17) is 0 Å². The zero-order valence-corrected chi connectivity index (χ0v) is 8.83. The van der Waals surface area contributed by atoms with Gasteiger partial charge in [0, 0.05) is 0 Å². The summed E-state index contributed by atoms with van der Waals surface area (Å²) in [5.41, 5.74) is 0. The fourth-order valence-electron chi connectivity index (χ4n) is 0. The first-order valence-corrected chi connectivity index (χ1v) is 2.20. The van der Waals surface area contributed by atoms with Crippen LogP contribution in [-0.4, -0.2) is 23.1 Å². The quantitative estimate of drug-likeness (QED) is 0.365. The van der Waals surface area contributed by atoms with E-state index < -0.39 is 0 Å². The van der Waals surface area contributed by atoms with Crippen molar-refractivity contribution in [3.05, 3.63) is 17.5 Å². The summed E-state index contributed by atoms with van der Waals surface area (Å²) in [5.74, 6) is 0. The van der Waals surface area contributed by atoms with Crippen LogP contribution in [0.25, 0.3) is 0 Å². The topological polar surface area (TPSA) is 0 Å². The van der Waals surface area contributed by atoms with Crippen LogP contribution < -0.4 is 17.0 Å². The van der Waals surface area contributed by atoms with Crippen molar-refractivity contribution in [3.8, 4) is 0 Å². The predicted molar refractivity (Wildman–Crippen MR) is 33.8 cm³/mol. The van der Waals surface area contributed by atoms with Crippen LogP contribution in [0.2, 0.25) is 0 Å². The largest absolute Gasteiger partial charge is 2.00 e. The Bertz CT molecular complexity index is 47.7. The Morgan fingerprint density at radius 2 is 1.86 bits per heavy atom. The number of hydrogen-bond acceptors (Lipinski definition) is 0. The molecule has 0 saturated heterocycles. The summed E-state index contributed by atoms with van der Waals surface area (Å²) < 4.78 is 0.942. The summed E-state index contributed by atoms with van der Waals surface area (Å²) in [5, 5.41) is 0. The molecule has 3 heteroatoms. The van der Waals surface area contributed by atoms with E-state index in [1.807, 2.05) is 13.0 Å². The molecule has 7 heavy (non-hydrogen) atoms. The fourth-order valence-corrected chi connectivity index (χ4v) is 0. The van der Waals surface area contributed by atoms with Gasteiger partial charge in [0.05, 0.1) is 0 Å². The molecule has 0 saturated carbocycles. The number of halogens is 2. The molecule has 0 nitrogen and oxygen atoms in total. The van der Waals surface area contributed by atoms with E-state index in [9.17, 15) is 0 Å². The molecular formula is C4H6Br2Mg. The molecular weight excluding hydrogens is 232 g/mol. The maximum Gasteiger partial charge on any atom is 2.00 e. The van der Waals surface area contributed by atoms with Crippen molar-refractivity contribution in [1.82, 2.24) is 0 Å². The van der Waals surface area contributed by atoms with Gasteiger partial charge in [-0.15, -0.1) is 6.92 Å². The van der Waals surface area contributed by atoms with Gasteiger partial charge in [-0.1, -0.05) is 15.9 Å². The van der Waals surface area contributed by atoms with E-state index in [2.05, 4.69) is 22.9 Å². The number of rotatable bonds is 0. The summed E-state index contributed by atoms with van der Waals surface area (Å²) in [7, 11) is 0. The van der Waals surface area contributed by atoms with Crippen LogP contribution in [0.1, 0.15) is 6.92 Å². The van der Waals surface area contributed by atoms with Crippen molar-refractivity contribution < 1.29 is 17.0 Å². The van der Waals surface area contributed by atoms with E-state index in [0.29, 0.717) is 0 Å². The molecule has 0 radical (unpaired) electrons. The second-order valence-corrected chi connectivity index (χ2v) is 1.75. The van der Waals surface area contributed by atoms with Crippen LogP contribution in [0.3, 0.4) is 0 Å². The molecule has 0 spiro atoms. The number of hydrogen-bond donors (Lipinski definition) is 0. The molecule has 0 aliphatic carbocycles. The third-order valence-electron chi connectivity index (χ3n) is 0.313. The second-order valence-electron chi connectivity index (χ2n) is 0.736. The van der Waals surface area contributed by atoms with Gasteiger partial charge in [0.15, 0.2) is 0 Å². The Balaban J connectivity index is -0.0000000800. The van der Waals surface area contributed by atoms with Gasteiger partial charge in [0.2, 0.25) is 0 Å².